The number of halogens is 1. The molecule has 2 N–H and O–H groups in total. The molecular formula is C19H21ClN2O. The van der Waals surface area contributed by atoms with Crippen LogP contribution >= 0.6 is 12.4 Å². The Morgan fingerprint density at radius 3 is 2.78 bits per heavy atom. The fraction of sp³-hybridized carbons (Fsp3) is 0.316. The summed E-state index contributed by atoms with van der Waals surface area (Å²) in [6.07, 6.45) is 3.88. The van der Waals surface area contributed by atoms with Gasteiger partial charge in [-0.2, -0.15) is 0 Å². The van der Waals surface area contributed by atoms with Gasteiger partial charge in [0.05, 0.1) is 5.92 Å². The fourth-order valence-corrected chi connectivity index (χ4v) is 3.88. The zero-order valence-corrected chi connectivity index (χ0v) is 13.8. The van der Waals surface area contributed by atoms with Crippen LogP contribution in [0.15, 0.2) is 42.5 Å². The summed E-state index contributed by atoms with van der Waals surface area (Å²) in [6.45, 7) is 0.800. The highest BCUT2D eigenvalue weighted by Gasteiger charge is 2.34. The molecule has 2 aromatic rings. The van der Waals surface area contributed by atoms with Gasteiger partial charge in [-0.1, -0.05) is 30.3 Å². The van der Waals surface area contributed by atoms with Crippen molar-refractivity contribution >= 4 is 29.7 Å². The topological polar surface area (TPSA) is 46.3 Å². The van der Waals surface area contributed by atoms with Crippen molar-refractivity contribution in [3.63, 3.8) is 0 Å². The maximum atomic E-state index is 13.1. The molecule has 0 spiro atoms. The Hall–Kier alpha value is -2.00. The van der Waals surface area contributed by atoms with Gasteiger partial charge in [-0.3, -0.25) is 4.79 Å². The highest BCUT2D eigenvalue weighted by Crippen LogP contribution is 2.38. The minimum atomic E-state index is 0. The standard InChI is InChI=1S/C19H20N2O.ClH/c20-17-8-3-9-18-16(17)7-4-12-21(18)19(22)15-11-10-13-5-1-2-6-14(13)15;/h1-3,5-6,8-9,15H,4,7,10-12,20H2;1H. The first kappa shape index (κ1) is 15.9. The average molecular weight is 329 g/mol. The van der Waals surface area contributed by atoms with E-state index in [0.29, 0.717) is 0 Å². The molecule has 1 atom stereocenters. The summed E-state index contributed by atoms with van der Waals surface area (Å²) < 4.78 is 0. The van der Waals surface area contributed by atoms with Crippen LogP contribution in [-0.4, -0.2) is 12.5 Å². The highest BCUT2D eigenvalue weighted by molar-refractivity contribution is 6.00. The van der Waals surface area contributed by atoms with Gasteiger partial charge in [0.1, 0.15) is 0 Å². The van der Waals surface area contributed by atoms with Crippen molar-refractivity contribution in [1.82, 2.24) is 0 Å². The zero-order chi connectivity index (χ0) is 15.1. The number of carbonyl (C=O) groups excluding carboxylic acids is 1. The van der Waals surface area contributed by atoms with Gasteiger partial charge < -0.3 is 10.6 Å². The lowest BCUT2D eigenvalue weighted by Gasteiger charge is -2.32. The number of hydrogen-bond acceptors (Lipinski definition) is 2. The van der Waals surface area contributed by atoms with E-state index >= 15 is 0 Å². The Morgan fingerprint density at radius 2 is 1.91 bits per heavy atom. The molecule has 0 saturated heterocycles. The van der Waals surface area contributed by atoms with Crippen LogP contribution in [0.5, 0.6) is 0 Å². The number of rotatable bonds is 1. The van der Waals surface area contributed by atoms with Gasteiger partial charge in [0.25, 0.3) is 0 Å². The van der Waals surface area contributed by atoms with Crippen molar-refractivity contribution in [1.29, 1.82) is 0 Å². The van der Waals surface area contributed by atoms with E-state index in [2.05, 4.69) is 18.2 Å². The largest absolute Gasteiger partial charge is 0.398 e. The Morgan fingerprint density at radius 1 is 1.09 bits per heavy atom. The van der Waals surface area contributed by atoms with Gasteiger partial charge in [0.2, 0.25) is 5.91 Å². The summed E-state index contributed by atoms with van der Waals surface area (Å²) in [6, 6.07) is 14.2. The molecule has 1 heterocycles. The molecule has 23 heavy (non-hydrogen) atoms. The fourth-order valence-electron chi connectivity index (χ4n) is 3.88. The van der Waals surface area contributed by atoms with Gasteiger partial charge in [0.15, 0.2) is 0 Å². The second-order valence-corrected chi connectivity index (χ2v) is 6.23. The molecule has 120 valence electrons. The maximum absolute atomic E-state index is 13.1. The smallest absolute Gasteiger partial charge is 0.234 e. The molecule has 1 aliphatic carbocycles. The van der Waals surface area contributed by atoms with E-state index in [9.17, 15) is 4.79 Å². The normalized spacial score (nSPS) is 18.8. The number of benzene rings is 2. The molecule has 4 rings (SSSR count). The Bertz CT molecular complexity index is 744. The van der Waals surface area contributed by atoms with E-state index in [-0.39, 0.29) is 24.2 Å². The molecule has 0 radical (unpaired) electrons. The quantitative estimate of drug-likeness (QED) is 0.811. The predicted octanol–water partition coefficient (Wildman–Crippen LogP) is 3.70. The molecule has 0 fully saturated rings. The molecule has 2 aromatic carbocycles. The number of nitrogens with two attached hydrogens (primary N) is 1. The Labute approximate surface area is 142 Å². The number of hydrogen-bond donors (Lipinski definition) is 1. The Balaban J connectivity index is 0.00000156. The molecule has 0 saturated carbocycles. The number of anilines is 2. The first-order valence-corrected chi connectivity index (χ1v) is 8.02. The molecule has 1 aliphatic heterocycles. The van der Waals surface area contributed by atoms with E-state index in [0.717, 1.165) is 49.2 Å². The third-order valence-electron chi connectivity index (χ3n) is 4.98. The predicted molar refractivity (Wildman–Crippen MR) is 96.3 cm³/mol. The van der Waals surface area contributed by atoms with Crippen LogP contribution in [0.1, 0.15) is 35.4 Å². The summed E-state index contributed by atoms with van der Waals surface area (Å²) in [7, 11) is 0. The average Bonchev–Trinajstić information content (AvgIpc) is 2.98. The van der Waals surface area contributed by atoms with Crippen molar-refractivity contribution in [2.75, 3.05) is 17.2 Å². The number of nitrogens with zero attached hydrogens (tertiary/aromatic N) is 1. The van der Waals surface area contributed by atoms with Crippen molar-refractivity contribution < 1.29 is 4.79 Å². The summed E-state index contributed by atoms with van der Waals surface area (Å²) in [5.41, 5.74) is 11.6. The molecule has 4 heteroatoms. The van der Waals surface area contributed by atoms with Crippen molar-refractivity contribution in [3.05, 3.63) is 59.2 Å². The van der Waals surface area contributed by atoms with Crippen LogP contribution in [0.25, 0.3) is 0 Å². The molecule has 3 nitrogen and oxygen atoms in total. The van der Waals surface area contributed by atoms with E-state index in [1.165, 1.54) is 11.1 Å². The molecule has 2 aliphatic rings. The van der Waals surface area contributed by atoms with Crippen LogP contribution in [0.2, 0.25) is 0 Å². The van der Waals surface area contributed by atoms with Gasteiger partial charge in [-0.05, 0) is 54.5 Å². The third kappa shape index (κ3) is 2.59. The summed E-state index contributed by atoms with van der Waals surface area (Å²) >= 11 is 0. The van der Waals surface area contributed by atoms with E-state index in [4.69, 9.17) is 5.73 Å². The van der Waals surface area contributed by atoms with Gasteiger partial charge in [-0.25, -0.2) is 0 Å². The van der Waals surface area contributed by atoms with E-state index in [1.807, 2.05) is 29.2 Å². The maximum Gasteiger partial charge on any atom is 0.234 e. The molecule has 0 bridgehead atoms. The van der Waals surface area contributed by atoms with Crippen molar-refractivity contribution in [2.24, 2.45) is 0 Å². The Kier molecular flexibility index (Phi) is 4.31. The van der Waals surface area contributed by atoms with Crippen LogP contribution < -0.4 is 10.6 Å². The summed E-state index contributed by atoms with van der Waals surface area (Å²) in [5.74, 6) is 0.236. The van der Waals surface area contributed by atoms with Gasteiger partial charge in [-0.15, -0.1) is 12.4 Å². The zero-order valence-electron chi connectivity index (χ0n) is 13.0. The second kappa shape index (κ2) is 6.25. The SMILES string of the molecule is Cl.Nc1cccc2c1CCCN2C(=O)C1CCc2ccccc21. The number of carbonyl (C=O) groups is 1. The van der Waals surface area contributed by atoms with Gasteiger partial charge in [0, 0.05) is 17.9 Å². The number of aryl methyl sites for hydroxylation is 1. The van der Waals surface area contributed by atoms with Crippen molar-refractivity contribution in [2.45, 2.75) is 31.6 Å². The number of fused-ring (bicyclic) bond motifs is 2. The minimum absolute atomic E-state index is 0. The van der Waals surface area contributed by atoms with Crippen LogP contribution in [0.4, 0.5) is 11.4 Å². The first-order valence-electron chi connectivity index (χ1n) is 8.02. The lowest BCUT2D eigenvalue weighted by molar-refractivity contribution is -0.120. The number of nitrogen functional groups attached to an aromatic ring is 1. The molecule has 1 unspecified atom stereocenters. The summed E-state index contributed by atoms with van der Waals surface area (Å²) in [5, 5.41) is 0. The molecule has 0 aromatic heterocycles. The van der Waals surface area contributed by atoms with Crippen LogP contribution in [-0.2, 0) is 17.6 Å². The van der Waals surface area contributed by atoms with E-state index < -0.39 is 0 Å². The van der Waals surface area contributed by atoms with Crippen LogP contribution in [0.3, 0.4) is 0 Å². The monoisotopic (exact) mass is 328 g/mol. The van der Waals surface area contributed by atoms with E-state index in [1.54, 1.807) is 0 Å². The molecular weight excluding hydrogens is 308 g/mol. The third-order valence-corrected chi connectivity index (χ3v) is 4.98. The lowest BCUT2D eigenvalue weighted by Crippen LogP contribution is -2.38. The van der Waals surface area contributed by atoms with Crippen molar-refractivity contribution in [3.8, 4) is 0 Å². The molecule has 1 amide bonds. The number of amides is 1. The minimum Gasteiger partial charge on any atom is -0.398 e. The van der Waals surface area contributed by atoms with Gasteiger partial charge >= 0.3 is 0 Å². The second-order valence-electron chi connectivity index (χ2n) is 6.23. The first-order chi connectivity index (χ1) is 10.8. The highest BCUT2D eigenvalue weighted by atomic mass is 35.5. The van der Waals surface area contributed by atoms with Crippen LogP contribution in [0, 0.1) is 0 Å². The lowest BCUT2D eigenvalue weighted by atomic mass is 9.95. The summed E-state index contributed by atoms with van der Waals surface area (Å²) in [4.78, 5) is 15.1.